The lowest BCUT2D eigenvalue weighted by Crippen LogP contribution is -1.91. The highest BCUT2D eigenvalue weighted by atomic mass is 32.1. The Hall–Kier alpha value is -2.28. The quantitative estimate of drug-likeness (QED) is 0.579. The van der Waals surface area contributed by atoms with Crippen LogP contribution in [0, 0.1) is 0 Å². The molecule has 2 rings (SSSR count). The Morgan fingerprint density at radius 1 is 1.56 bits per heavy atom. The molecule has 4 N–H and O–H groups in total. The van der Waals surface area contributed by atoms with Crippen molar-refractivity contribution in [1.82, 2.24) is 4.98 Å². The first kappa shape index (κ1) is 12.2. The average molecular weight is 264 g/mol. The van der Waals surface area contributed by atoms with Gasteiger partial charge in [0.05, 0.1) is 13.3 Å². The van der Waals surface area contributed by atoms with Crippen molar-refractivity contribution in [2.45, 2.75) is 0 Å². The predicted molar refractivity (Wildman–Crippen MR) is 72.4 cm³/mol. The highest BCUT2D eigenvalue weighted by Crippen LogP contribution is 2.25. The Morgan fingerprint density at radius 3 is 3.00 bits per heavy atom. The summed E-state index contributed by atoms with van der Waals surface area (Å²) in [6, 6.07) is 5.00. The van der Waals surface area contributed by atoms with Gasteiger partial charge in [-0.15, -0.1) is 11.3 Å². The van der Waals surface area contributed by atoms with Crippen LogP contribution in [0.25, 0.3) is 0 Å². The number of nitrogens with zero attached hydrogens (tertiary/aromatic N) is 2. The van der Waals surface area contributed by atoms with Crippen LogP contribution >= 0.6 is 11.3 Å². The predicted octanol–water partition coefficient (Wildman–Crippen LogP) is 1.89. The molecule has 0 aliphatic heterocycles. The maximum atomic E-state index is 9.58. The van der Waals surface area contributed by atoms with Crippen LogP contribution in [0.4, 0.5) is 10.9 Å². The zero-order chi connectivity index (χ0) is 13.0. The fraction of sp³-hybridized carbons (Fsp3) is 0.0909. The van der Waals surface area contributed by atoms with Gasteiger partial charge in [-0.2, -0.15) is 5.10 Å². The van der Waals surface area contributed by atoms with Crippen LogP contribution in [0.1, 0.15) is 5.56 Å². The van der Waals surface area contributed by atoms with Crippen molar-refractivity contribution in [2.24, 2.45) is 5.10 Å². The van der Waals surface area contributed by atoms with Crippen LogP contribution in [-0.4, -0.2) is 23.4 Å². The summed E-state index contributed by atoms with van der Waals surface area (Å²) < 4.78 is 4.94. The molecule has 1 aromatic carbocycles. The lowest BCUT2D eigenvalue weighted by Gasteiger charge is -2.02. The van der Waals surface area contributed by atoms with Gasteiger partial charge >= 0.3 is 0 Å². The number of nitrogens with one attached hydrogen (secondary N) is 1. The van der Waals surface area contributed by atoms with Crippen LogP contribution < -0.4 is 15.9 Å². The molecule has 0 bridgehead atoms. The second kappa shape index (κ2) is 5.37. The van der Waals surface area contributed by atoms with Crippen molar-refractivity contribution < 1.29 is 9.84 Å². The molecule has 7 heteroatoms. The topological polar surface area (TPSA) is 92.8 Å². The minimum atomic E-state index is 0.0694. The Balaban J connectivity index is 2.03. The van der Waals surface area contributed by atoms with Gasteiger partial charge in [0, 0.05) is 5.38 Å². The SMILES string of the molecule is COc1ccc(C=NNc2nc(N)cs2)cc1O. The summed E-state index contributed by atoms with van der Waals surface area (Å²) in [5.41, 5.74) is 8.96. The number of hydrogen-bond acceptors (Lipinski definition) is 7. The summed E-state index contributed by atoms with van der Waals surface area (Å²) in [6.07, 6.45) is 1.57. The molecule has 6 nitrogen and oxygen atoms in total. The molecule has 18 heavy (non-hydrogen) atoms. The number of nitrogen functional groups attached to an aromatic ring is 1. The minimum absolute atomic E-state index is 0.0694. The molecule has 1 aromatic heterocycles. The van der Waals surface area contributed by atoms with Gasteiger partial charge in [-0.1, -0.05) is 0 Å². The molecule has 0 spiro atoms. The lowest BCUT2D eigenvalue weighted by atomic mass is 10.2. The molecule has 0 radical (unpaired) electrons. The molecule has 0 aliphatic carbocycles. The van der Waals surface area contributed by atoms with Crippen molar-refractivity contribution in [3.8, 4) is 11.5 Å². The minimum Gasteiger partial charge on any atom is -0.504 e. The summed E-state index contributed by atoms with van der Waals surface area (Å²) in [7, 11) is 1.50. The average Bonchev–Trinajstić information content (AvgIpc) is 2.75. The fourth-order valence-electron chi connectivity index (χ4n) is 1.29. The number of methoxy groups -OCH3 is 1. The molecule has 0 amide bonds. The largest absolute Gasteiger partial charge is 0.504 e. The van der Waals surface area contributed by atoms with E-state index in [-0.39, 0.29) is 5.75 Å². The number of aromatic nitrogens is 1. The van der Waals surface area contributed by atoms with E-state index in [1.807, 2.05) is 0 Å². The number of anilines is 2. The maximum absolute atomic E-state index is 9.58. The molecule has 0 saturated heterocycles. The first-order valence-electron chi connectivity index (χ1n) is 5.06. The summed E-state index contributed by atoms with van der Waals surface area (Å²) >= 11 is 1.36. The smallest absolute Gasteiger partial charge is 0.205 e. The summed E-state index contributed by atoms with van der Waals surface area (Å²) in [5.74, 6) is 0.951. The van der Waals surface area contributed by atoms with Crippen molar-refractivity contribution in [2.75, 3.05) is 18.3 Å². The van der Waals surface area contributed by atoms with Gasteiger partial charge in [-0.3, -0.25) is 5.43 Å². The van der Waals surface area contributed by atoms with Crippen LogP contribution in [-0.2, 0) is 0 Å². The van der Waals surface area contributed by atoms with Crippen molar-refractivity contribution in [3.63, 3.8) is 0 Å². The first-order chi connectivity index (χ1) is 8.69. The third-order valence-corrected chi connectivity index (χ3v) is 2.86. The highest BCUT2D eigenvalue weighted by molar-refractivity contribution is 7.14. The third kappa shape index (κ3) is 2.89. The van der Waals surface area contributed by atoms with Gasteiger partial charge in [0.2, 0.25) is 5.13 Å². The van der Waals surface area contributed by atoms with E-state index in [0.717, 1.165) is 5.56 Å². The molecule has 0 unspecified atom stereocenters. The number of nitrogens with two attached hydrogens (primary N) is 1. The van der Waals surface area contributed by atoms with Gasteiger partial charge in [-0.05, 0) is 23.8 Å². The van der Waals surface area contributed by atoms with Crippen LogP contribution in [0.5, 0.6) is 11.5 Å². The van der Waals surface area contributed by atoms with E-state index in [4.69, 9.17) is 10.5 Å². The van der Waals surface area contributed by atoms with Crippen LogP contribution in [0.3, 0.4) is 0 Å². The monoisotopic (exact) mass is 264 g/mol. The standard InChI is InChI=1S/C11H12N4O2S/c1-17-9-3-2-7(4-8(9)16)5-13-15-11-14-10(12)6-18-11/h2-6,16H,12H2,1H3,(H,14,15). The molecule has 0 fully saturated rings. The number of thiazole rings is 1. The molecule has 2 aromatic rings. The Bertz CT molecular complexity index is 568. The number of phenols is 1. The molecule has 1 heterocycles. The second-order valence-electron chi connectivity index (χ2n) is 3.38. The van der Waals surface area contributed by atoms with Gasteiger partial charge in [0.1, 0.15) is 5.82 Å². The van der Waals surface area contributed by atoms with Crippen LogP contribution in [0.2, 0.25) is 0 Å². The van der Waals surface area contributed by atoms with Gasteiger partial charge < -0.3 is 15.6 Å². The first-order valence-corrected chi connectivity index (χ1v) is 5.94. The summed E-state index contributed by atoms with van der Waals surface area (Å²) in [4.78, 5) is 3.99. The molecule has 0 saturated carbocycles. The Labute approximate surface area is 108 Å². The Morgan fingerprint density at radius 2 is 2.39 bits per heavy atom. The lowest BCUT2D eigenvalue weighted by molar-refractivity contribution is 0.373. The summed E-state index contributed by atoms with van der Waals surface area (Å²) in [6.45, 7) is 0. The van der Waals surface area contributed by atoms with E-state index in [0.29, 0.717) is 16.7 Å². The van der Waals surface area contributed by atoms with E-state index in [1.54, 1.807) is 29.8 Å². The number of benzene rings is 1. The van der Waals surface area contributed by atoms with Crippen LogP contribution in [0.15, 0.2) is 28.7 Å². The highest BCUT2D eigenvalue weighted by Gasteiger charge is 2.00. The Kier molecular flexibility index (Phi) is 3.63. The van der Waals surface area contributed by atoms with Gasteiger partial charge in [0.15, 0.2) is 11.5 Å². The molecule has 0 aliphatic rings. The summed E-state index contributed by atoms with van der Waals surface area (Å²) in [5, 5.41) is 15.9. The number of hydrogen-bond donors (Lipinski definition) is 3. The molecular formula is C11H12N4O2S. The maximum Gasteiger partial charge on any atom is 0.205 e. The zero-order valence-corrected chi connectivity index (χ0v) is 10.4. The van der Waals surface area contributed by atoms with E-state index < -0.39 is 0 Å². The molecule has 0 atom stereocenters. The normalized spacial score (nSPS) is 10.7. The van der Waals surface area contributed by atoms with Crippen molar-refractivity contribution in [3.05, 3.63) is 29.1 Å². The van der Waals surface area contributed by atoms with E-state index in [1.165, 1.54) is 18.4 Å². The van der Waals surface area contributed by atoms with E-state index in [9.17, 15) is 5.11 Å². The van der Waals surface area contributed by atoms with E-state index in [2.05, 4.69) is 15.5 Å². The zero-order valence-electron chi connectivity index (χ0n) is 9.62. The molecule has 94 valence electrons. The third-order valence-electron chi connectivity index (χ3n) is 2.10. The number of aromatic hydroxyl groups is 1. The number of ether oxygens (including phenoxy) is 1. The number of rotatable bonds is 4. The molecular weight excluding hydrogens is 252 g/mol. The fourth-order valence-corrected chi connectivity index (χ4v) is 1.84. The second-order valence-corrected chi connectivity index (χ2v) is 4.24. The number of phenolic OH excluding ortho intramolecular Hbond substituents is 1. The van der Waals surface area contributed by atoms with E-state index >= 15 is 0 Å². The number of hydrazone groups is 1. The van der Waals surface area contributed by atoms with Crippen molar-refractivity contribution >= 4 is 28.5 Å². The van der Waals surface area contributed by atoms with Gasteiger partial charge in [0.25, 0.3) is 0 Å². The van der Waals surface area contributed by atoms with Crippen molar-refractivity contribution in [1.29, 1.82) is 0 Å². The van der Waals surface area contributed by atoms with Gasteiger partial charge in [-0.25, -0.2) is 4.98 Å².